The van der Waals surface area contributed by atoms with Crippen molar-refractivity contribution >= 4 is 24.0 Å². The molecular formula is C26H23BrO2Si. The van der Waals surface area contributed by atoms with Gasteiger partial charge in [0.25, 0.3) is 0 Å². The van der Waals surface area contributed by atoms with Crippen molar-refractivity contribution in [2.24, 2.45) is 0 Å². The lowest BCUT2D eigenvalue weighted by atomic mass is 10.00. The normalized spacial score (nSPS) is 22.3. The summed E-state index contributed by atoms with van der Waals surface area (Å²) in [6.07, 6.45) is 4.53. The van der Waals surface area contributed by atoms with Gasteiger partial charge in [0.15, 0.2) is 6.79 Å². The Bertz CT molecular complexity index is 1190. The molecule has 0 N–H and O–H groups in total. The maximum atomic E-state index is 5.85. The summed E-state index contributed by atoms with van der Waals surface area (Å²) in [5, 5.41) is 1.54. The van der Waals surface area contributed by atoms with Crippen LogP contribution in [0.2, 0.25) is 13.1 Å². The maximum absolute atomic E-state index is 5.85. The molecule has 150 valence electrons. The third kappa shape index (κ3) is 2.38. The van der Waals surface area contributed by atoms with Crippen LogP contribution in [0.3, 0.4) is 0 Å². The summed E-state index contributed by atoms with van der Waals surface area (Å²) in [7, 11) is -1.97. The molecule has 0 bridgehead atoms. The Morgan fingerprint density at radius 1 is 0.933 bits per heavy atom. The van der Waals surface area contributed by atoms with Gasteiger partial charge in [-0.15, -0.1) is 0 Å². The van der Waals surface area contributed by atoms with Gasteiger partial charge < -0.3 is 9.47 Å². The first-order valence-corrected chi connectivity index (χ1v) is 14.3. The van der Waals surface area contributed by atoms with Gasteiger partial charge in [-0.05, 0) is 67.5 Å². The zero-order chi connectivity index (χ0) is 20.6. The Morgan fingerprint density at radius 2 is 1.57 bits per heavy atom. The second kappa shape index (κ2) is 6.43. The second-order valence-electron chi connectivity index (χ2n) is 9.05. The molecule has 0 amide bonds. The Kier molecular flexibility index (Phi) is 3.99. The van der Waals surface area contributed by atoms with Crippen LogP contribution >= 0.6 is 15.9 Å². The van der Waals surface area contributed by atoms with Gasteiger partial charge in [-0.1, -0.05) is 73.3 Å². The first-order valence-electron chi connectivity index (χ1n) is 10.5. The summed E-state index contributed by atoms with van der Waals surface area (Å²) < 4.78 is 12.6. The molecular weight excluding hydrogens is 452 g/mol. The zero-order valence-corrected chi connectivity index (χ0v) is 19.9. The van der Waals surface area contributed by atoms with Crippen LogP contribution in [-0.2, 0) is 9.47 Å². The molecule has 0 spiro atoms. The summed E-state index contributed by atoms with van der Waals surface area (Å²) in [5.74, 6) is 0.912. The van der Waals surface area contributed by atoms with E-state index in [4.69, 9.17) is 9.47 Å². The number of allylic oxidation sites excluding steroid dienone is 6. The van der Waals surface area contributed by atoms with Crippen LogP contribution in [0.4, 0.5) is 0 Å². The number of fused-ring (bicyclic) bond motifs is 5. The predicted octanol–water partition coefficient (Wildman–Crippen LogP) is 6.76. The van der Waals surface area contributed by atoms with Crippen molar-refractivity contribution in [3.63, 3.8) is 0 Å². The van der Waals surface area contributed by atoms with Crippen molar-refractivity contribution in [1.29, 1.82) is 0 Å². The molecule has 0 radical (unpaired) electrons. The molecule has 1 fully saturated rings. The molecule has 1 atom stereocenters. The Labute approximate surface area is 186 Å². The van der Waals surface area contributed by atoms with Gasteiger partial charge in [-0.2, -0.15) is 0 Å². The average molecular weight is 475 g/mol. The van der Waals surface area contributed by atoms with Gasteiger partial charge in [0.2, 0.25) is 0 Å². The highest BCUT2D eigenvalue weighted by molar-refractivity contribution is 9.12. The van der Waals surface area contributed by atoms with Gasteiger partial charge in [0.05, 0.1) is 12.6 Å². The molecule has 2 nitrogen and oxygen atoms in total. The lowest BCUT2D eigenvalue weighted by Crippen LogP contribution is -2.39. The number of hydrogen-bond donors (Lipinski definition) is 0. The van der Waals surface area contributed by atoms with E-state index in [2.05, 4.69) is 96.6 Å². The summed E-state index contributed by atoms with van der Waals surface area (Å²) in [6, 6.07) is 18.0. The predicted molar refractivity (Wildman–Crippen MR) is 127 cm³/mol. The van der Waals surface area contributed by atoms with E-state index >= 15 is 0 Å². The first kappa shape index (κ1) is 18.6. The van der Waals surface area contributed by atoms with Crippen molar-refractivity contribution in [2.45, 2.75) is 31.7 Å². The van der Waals surface area contributed by atoms with Crippen LogP contribution in [0.5, 0.6) is 0 Å². The number of halogens is 1. The van der Waals surface area contributed by atoms with E-state index in [1.807, 2.05) is 0 Å². The molecule has 2 aromatic carbocycles. The molecule has 1 heterocycles. The number of benzene rings is 2. The molecule has 0 saturated carbocycles. The fraction of sp³-hybridized carbons (Fsp3) is 0.231. The smallest absolute Gasteiger partial charge is 0.190 e. The third-order valence-electron chi connectivity index (χ3n) is 7.01. The molecule has 2 aromatic rings. The Balaban J connectivity index is 1.52. The molecule has 1 unspecified atom stereocenters. The Hall–Kier alpha value is -2.14. The van der Waals surface area contributed by atoms with Crippen LogP contribution in [-0.4, -0.2) is 21.0 Å². The fourth-order valence-corrected chi connectivity index (χ4v) is 10.9. The molecule has 1 saturated heterocycles. The molecule has 30 heavy (non-hydrogen) atoms. The lowest BCUT2D eigenvalue weighted by molar-refractivity contribution is 0.0629. The van der Waals surface area contributed by atoms with Crippen LogP contribution in [0, 0.1) is 0 Å². The fourth-order valence-electron chi connectivity index (χ4n) is 5.93. The molecule has 4 aliphatic rings. The molecule has 3 aliphatic carbocycles. The number of hydrogen-bond acceptors (Lipinski definition) is 2. The summed E-state index contributed by atoms with van der Waals surface area (Å²) in [4.78, 5) is 0. The van der Waals surface area contributed by atoms with Crippen LogP contribution in [0.25, 0.3) is 11.1 Å². The van der Waals surface area contributed by atoms with Gasteiger partial charge >= 0.3 is 0 Å². The van der Waals surface area contributed by atoms with Crippen molar-refractivity contribution in [3.8, 4) is 11.1 Å². The maximum Gasteiger partial charge on any atom is 0.190 e. The van der Waals surface area contributed by atoms with Crippen molar-refractivity contribution < 1.29 is 9.47 Å². The van der Waals surface area contributed by atoms with E-state index in [1.54, 1.807) is 5.20 Å². The highest BCUT2D eigenvalue weighted by atomic mass is 79.9. The SMILES string of the molecule is CC1=C([Si](C)(C)C2c3ccccc3-c3ccccc32)C2=CC3OCOC3=C(Br)C2=C1. The summed E-state index contributed by atoms with van der Waals surface area (Å²) in [5.41, 5.74) is 10.2. The van der Waals surface area contributed by atoms with Gasteiger partial charge in [0, 0.05) is 5.54 Å². The van der Waals surface area contributed by atoms with E-state index in [-0.39, 0.29) is 6.10 Å². The van der Waals surface area contributed by atoms with E-state index in [0.29, 0.717) is 12.3 Å². The van der Waals surface area contributed by atoms with Crippen molar-refractivity contribution in [1.82, 2.24) is 0 Å². The van der Waals surface area contributed by atoms with Gasteiger partial charge in [-0.25, -0.2) is 0 Å². The highest BCUT2D eigenvalue weighted by Crippen LogP contribution is 2.55. The van der Waals surface area contributed by atoms with Crippen LogP contribution < -0.4 is 0 Å². The van der Waals surface area contributed by atoms with Crippen molar-refractivity contribution in [3.05, 3.63) is 104 Å². The minimum absolute atomic E-state index is 0.0830. The average Bonchev–Trinajstić information content (AvgIpc) is 3.42. The largest absolute Gasteiger partial charge is 0.468 e. The zero-order valence-electron chi connectivity index (χ0n) is 17.3. The molecule has 6 rings (SSSR count). The number of ether oxygens (including phenoxy) is 2. The lowest BCUT2D eigenvalue weighted by Gasteiger charge is -2.36. The summed E-state index contributed by atoms with van der Waals surface area (Å²) >= 11 is 3.81. The molecule has 0 aromatic heterocycles. The molecule has 4 heteroatoms. The standard InChI is InChI=1S/C26H23BrO2Si/c1-15-12-20-21(13-22-24(23(20)27)29-14-28-22)25(15)30(2,3)26-18-10-6-4-8-16(18)17-9-5-7-11-19(17)26/h4-13,22,26H,14H2,1-3H3. The third-order valence-corrected chi connectivity index (χ3v) is 11.8. The van der Waals surface area contributed by atoms with E-state index < -0.39 is 8.07 Å². The van der Waals surface area contributed by atoms with Crippen molar-refractivity contribution in [2.75, 3.05) is 6.79 Å². The summed E-state index contributed by atoms with van der Waals surface area (Å²) in [6.45, 7) is 7.66. The first-order chi connectivity index (χ1) is 14.5. The van der Waals surface area contributed by atoms with Crippen LogP contribution in [0.1, 0.15) is 23.6 Å². The minimum atomic E-state index is -1.97. The monoisotopic (exact) mass is 474 g/mol. The Morgan fingerprint density at radius 3 is 2.23 bits per heavy atom. The molecule has 1 aliphatic heterocycles. The highest BCUT2D eigenvalue weighted by Gasteiger charge is 2.47. The van der Waals surface area contributed by atoms with Crippen LogP contribution in [0.15, 0.2) is 92.8 Å². The topological polar surface area (TPSA) is 18.5 Å². The number of rotatable bonds is 2. The quantitative estimate of drug-likeness (QED) is 0.447. The van der Waals surface area contributed by atoms with E-state index in [1.165, 1.54) is 39.0 Å². The minimum Gasteiger partial charge on any atom is -0.468 e. The second-order valence-corrected chi connectivity index (χ2v) is 14.4. The van der Waals surface area contributed by atoms with Gasteiger partial charge in [-0.3, -0.25) is 0 Å². The van der Waals surface area contributed by atoms with E-state index in [9.17, 15) is 0 Å². The van der Waals surface area contributed by atoms with E-state index in [0.717, 1.165) is 10.2 Å². The van der Waals surface area contributed by atoms with Gasteiger partial charge in [0.1, 0.15) is 11.9 Å².